The maximum atomic E-state index is 13.1. The van der Waals surface area contributed by atoms with Gasteiger partial charge >= 0.3 is 0 Å². The first kappa shape index (κ1) is 36.5. The maximum absolute atomic E-state index is 13.1. The molecule has 0 radical (unpaired) electrons. The highest BCUT2D eigenvalue weighted by Gasteiger charge is 2.68. The first-order valence-electron chi connectivity index (χ1n) is 16.6. The van der Waals surface area contributed by atoms with Gasteiger partial charge < -0.3 is 10.2 Å². The first-order valence-corrected chi connectivity index (χ1v) is 16.6. The van der Waals surface area contributed by atoms with Crippen molar-refractivity contribution in [3.05, 3.63) is 151 Å². The molecule has 8 rings (SSSR count). The van der Waals surface area contributed by atoms with Crippen molar-refractivity contribution in [3.63, 3.8) is 0 Å². The quantitative estimate of drug-likeness (QED) is 0.149. The number of para-hydroxylation sites is 2. The lowest BCUT2D eigenvalue weighted by Gasteiger charge is -2.48. The maximum Gasteiger partial charge on any atom is 0.275 e. The smallest absolute Gasteiger partial charge is 0.275 e. The Kier molecular flexibility index (Phi) is 8.72. The fourth-order valence-corrected chi connectivity index (χ4v) is 7.49. The van der Waals surface area contributed by atoms with Gasteiger partial charge in [0, 0.05) is 34.4 Å². The zero-order valence-electron chi connectivity index (χ0n) is 28.5. The van der Waals surface area contributed by atoms with Gasteiger partial charge in [0.05, 0.1) is 31.8 Å². The van der Waals surface area contributed by atoms with Gasteiger partial charge in [-0.25, -0.2) is 9.78 Å². The molecule has 0 aromatic heterocycles. The van der Waals surface area contributed by atoms with Crippen LogP contribution in [-0.4, -0.2) is 54.8 Å². The van der Waals surface area contributed by atoms with E-state index in [0.29, 0.717) is 0 Å². The summed E-state index contributed by atoms with van der Waals surface area (Å²) in [5.74, 6) is -7.52. The Bertz CT molecular complexity index is 2130. The molecular formula is C38H30N2O14. The lowest BCUT2D eigenvalue weighted by molar-refractivity contribution is -0.469. The number of fused-ring (bicyclic) bond motifs is 4. The van der Waals surface area contributed by atoms with Crippen molar-refractivity contribution in [1.29, 1.82) is 0 Å². The standard InChI is InChI=1S/2C19H15NO7/c2*1-18-10-15(13-8-4-5-9-14(13)20(24)25)26-27-19(18,23)17(22)12-7-3-2-6-11(12)16(18)21/h2*2-9,15,23H,10H2,1H3/t2*15-,18-,19+/m10/s1. The Hall–Kier alpha value is -5.88. The molecule has 2 aliphatic carbocycles. The van der Waals surface area contributed by atoms with Gasteiger partial charge in [-0.05, 0) is 38.8 Å². The van der Waals surface area contributed by atoms with Gasteiger partial charge in [-0.15, -0.1) is 0 Å². The Morgan fingerprint density at radius 2 is 0.833 bits per heavy atom. The third-order valence-electron chi connectivity index (χ3n) is 10.7. The van der Waals surface area contributed by atoms with Crippen molar-refractivity contribution < 1.29 is 58.8 Å². The molecule has 4 aromatic carbocycles. The highest BCUT2D eigenvalue weighted by molar-refractivity contribution is 6.20. The van der Waals surface area contributed by atoms with Crippen molar-refractivity contribution in [1.82, 2.24) is 0 Å². The van der Waals surface area contributed by atoms with E-state index < -0.39 is 67.6 Å². The number of Topliss-reactive ketones (excluding diaryl/α,β-unsaturated/α-hetero) is 4. The predicted molar refractivity (Wildman–Crippen MR) is 182 cm³/mol. The Morgan fingerprint density at radius 3 is 1.17 bits per heavy atom. The van der Waals surface area contributed by atoms with Crippen LogP contribution >= 0.6 is 0 Å². The van der Waals surface area contributed by atoms with E-state index in [1.165, 1.54) is 74.5 Å². The third kappa shape index (κ3) is 5.22. The van der Waals surface area contributed by atoms with Gasteiger partial charge in [0.1, 0.15) is 12.2 Å². The van der Waals surface area contributed by atoms with E-state index in [9.17, 15) is 49.6 Å². The minimum atomic E-state index is -2.50. The van der Waals surface area contributed by atoms with Crippen LogP contribution in [0.3, 0.4) is 0 Å². The van der Waals surface area contributed by atoms with Crippen molar-refractivity contribution in [2.45, 2.75) is 50.5 Å². The fraction of sp³-hybridized carbons (Fsp3) is 0.263. The predicted octanol–water partition coefficient (Wildman–Crippen LogP) is 5.52. The minimum absolute atomic E-state index is 0.0511. The van der Waals surface area contributed by atoms with Gasteiger partial charge in [-0.1, -0.05) is 72.8 Å². The first-order chi connectivity index (χ1) is 25.6. The number of nitro groups is 2. The van der Waals surface area contributed by atoms with Crippen LogP contribution in [0.4, 0.5) is 11.4 Å². The highest BCUT2D eigenvalue weighted by atomic mass is 17.2. The lowest BCUT2D eigenvalue weighted by Crippen LogP contribution is -2.64. The molecule has 54 heavy (non-hydrogen) atoms. The third-order valence-corrected chi connectivity index (χ3v) is 10.7. The van der Waals surface area contributed by atoms with E-state index in [1.54, 1.807) is 36.4 Å². The van der Waals surface area contributed by atoms with Crippen LogP contribution < -0.4 is 0 Å². The topological polar surface area (TPSA) is 232 Å². The molecule has 6 atom stereocenters. The number of benzene rings is 4. The van der Waals surface area contributed by atoms with E-state index in [2.05, 4.69) is 0 Å². The summed E-state index contributed by atoms with van der Waals surface area (Å²) in [6, 6.07) is 24.1. The van der Waals surface area contributed by atoms with Gasteiger partial charge in [0.25, 0.3) is 22.9 Å². The highest BCUT2D eigenvalue weighted by Crippen LogP contribution is 2.55. The largest absolute Gasteiger partial charge is 0.356 e. The Balaban J connectivity index is 0.000000167. The number of nitro benzene ring substituents is 2. The molecule has 4 aliphatic rings. The SMILES string of the molecule is C[C@@]12C[C@@H](c3ccccc3[N+](=O)[O-])OO[C@]1(O)C(=O)c1ccccc1C2=O.C[C@]12C[C@H](c3ccccc3[N+](=O)[O-])OO[C@@]1(O)C(=O)c1ccccc1C2=O. The molecule has 4 aromatic rings. The summed E-state index contributed by atoms with van der Waals surface area (Å²) in [4.78, 5) is 94.0. The summed E-state index contributed by atoms with van der Waals surface area (Å²) in [5, 5.41) is 44.5. The molecule has 0 spiro atoms. The molecule has 2 N–H and O–H groups in total. The molecule has 16 nitrogen and oxygen atoms in total. The number of ketones is 4. The molecule has 16 heteroatoms. The van der Waals surface area contributed by atoms with Crippen LogP contribution in [0.2, 0.25) is 0 Å². The lowest BCUT2D eigenvalue weighted by atomic mass is 9.63. The van der Waals surface area contributed by atoms with Gasteiger partial charge in [0.2, 0.25) is 11.6 Å². The number of hydrogen-bond donors (Lipinski definition) is 2. The Morgan fingerprint density at radius 1 is 0.537 bits per heavy atom. The van der Waals surface area contributed by atoms with Crippen molar-refractivity contribution >= 4 is 34.5 Å². The molecule has 0 unspecified atom stereocenters. The van der Waals surface area contributed by atoms with E-state index in [4.69, 9.17) is 19.6 Å². The summed E-state index contributed by atoms with van der Waals surface area (Å²) in [6.45, 7) is 2.82. The van der Waals surface area contributed by atoms with Gasteiger partial charge in [-0.3, -0.25) is 39.4 Å². The van der Waals surface area contributed by atoms with Gasteiger partial charge in [0.15, 0.2) is 11.6 Å². The molecular weight excluding hydrogens is 708 g/mol. The zero-order valence-corrected chi connectivity index (χ0v) is 28.5. The van der Waals surface area contributed by atoms with E-state index in [-0.39, 0.29) is 57.6 Å². The average molecular weight is 739 g/mol. The second kappa shape index (κ2) is 12.9. The number of aliphatic hydroxyl groups is 2. The molecule has 2 saturated heterocycles. The van der Waals surface area contributed by atoms with Crippen LogP contribution in [0, 0.1) is 31.1 Å². The van der Waals surface area contributed by atoms with Gasteiger partial charge in [-0.2, -0.15) is 9.78 Å². The average Bonchev–Trinajstić information content (AvgIpc) is 3.18. The van der Waals surface area contributed by atoms with Crippen molar-refractivity contribution in [2.24, 2.45) is 10.8 Å². The van der Waals surface area contributed by atoms with Crippen molar-refractivity contribution in [2.75, 3.05) is 0 Å². The van der Waals surface area contributed by atoms with E-state index >= 15 is 0 Å². The molecule has 2 aliphatic heterocycles. The normalized spacial score (nSPS) is 29.8. The van der Waals surface area contributed by atoms with Crippen LogP contribution in [0.5, 0.6) is 0 Å². The molecule has 0 saturated carbocycles. The number of hydrogen-bond acceptors (Lipinski definition) is 14. The second-order valence-electron chi connectivity index (χ2n) is 13.7. The zero-order chi connectivity index (χ0) is 38.8. The summed E-state index contributed by atoms with van der Waals surface area (Å²) >= 11 is 0. The van der Waals surface area contributed by atoms with Crippen LogP contribution in [0.1, 0.15) is 91.5 Å². The second-order valence-corrected chi connectivity index (χ2v) is 13.7. The number of carbonyl (C=O) groups excluding carboxylic acids is 4. The summed E-state index contributed by atoms with van der Waals surface area (Å²) in [5.41, 5.74) is -2.86. The Labute approximate surface area is 305 Å². The molecule has 2 fully saturated rings. The van der Waals surface area contributed by atoms with Crippen molar-refractivity contribution in [3.8, 4) is 0 Å². The van der Waals surface area contributed by atoms with Crippen LogP contribution in [-0.2, 0) is 19.6 Å². The molecule has 0 bridgehead atoms. The minimum Gasteiger partial charge on any atom is -0.356 e. The molecule has 2 heterocycles. The number of nitrogens with zero attached hydrogens (tertiary/aromatic N) is 2. The van der Waals surface area contributed by atoms with E-state index in [1.807, 2.05) is 0 Å². The molecule has 0 amide bonds. The summed E-state index contributed by atoms with van der Waals surface area (Å²) < 4.78 is 0. The molecule has 276 valence electrons. The fourth-order valence-electron chi connectivity index (χ4n) is 7.49. The number of carbonyl (C=O) groups is 4. The van der Waals surface area contributed by atoms with Crippen LogP contribution in [0.25, 0.3) is 0 Å². The number of rotatable bonds is 4. The monoisotopic (exact) mass is 738 g/mol. The van der Waals surface area contributed by atoms with E-state index in [0.717, 1.165) is 0 Å². The summed E-state index contributed by atoms with van der Waals surface area (Å²) in [6.07, 6.45) is -2.32. The van der Waals surface area contributed by atoms with Crippen LogP contribution in [0.15, 0.2) is 97.1 Å². The summed E-state index contributed by atoms with van der Waals surface area (Å²) in [7, 11) is 0.